The Labute approximate surface area is 109 Å². The molecule has 0 radical (unpaired) electrons. The van der Waals surface area contributed by atoms with Crippen molar-refractivity contribution in [3.05, 3.63) is 60.2 Å². The maximum atomic E-state index is 11.6. The molecule has 3 aromatic carbocycles. The Morgan fingerprint density at radius 2 is 1.53 bits per heavy atom. The van der Waals surface area contributed by atoms with Crippen molar-refractivity contribution in [2.24, 2.45) is 0 Å². The molecule has 0 spiro atoms. The van der Waals surface area contributed by atoms with Crippen molar-refractivity contribution < 1.29 is 15.0 Å². The number of Topliss-reactive ketones (excluding diaryl/α,β-unsaturated/α-hetero) is 1. The number of carbonyl (C=O) groups is 1. The number of rotatable bonds is 2. The topological polar surface area (TPSA) is 57.5 Å². The monoisotopic (exact) mass is 252 g/mol. The van der Waals surface area contributed by atoms with Crippen molar-refractivity contribution in [2.75, 3.05) is 0 Å². The molecule has 0 saturated heterocycles. The van der Waals surface area contributed by atoms with Crippen LogP contribution in [0, 0.1) is 0 Å². The van der Waals surface area contributed by atoms with Crippen LogP contribution < -0.4 is 0 Å². The second kappa shape index (κ2) is 4.46. The minimum Gasteiger partial charge on any atom is -0.362 e. The Bertz CT molecular complexity index is 775. The van der Waals surface area contributed by atoms with Crippen LogP contribution in [0.4, 0.5) is 0 Å². The quantitative estimate of drug-likeness (QED) is 0.418. The lowest BCUT2D eigenvalue weighted by Crippen LogP contribution is -2.19. The van der Waals surface area contributed by atoms with E-state index in [-0.39, 0.29) is 0 Å². The smallest absolute Gasteiger partial charge is 0.218 e. The summed E-state index contributed by atoms with van der Waals surface area (Å²) in [6.07, 6.45) is -1.96. The van der Waals surface area contributed by atoms with Crippen LogP contribution in [0.2, 0.25) is 0 Å². The first kappa shape index (κ1) is 11.8. The van der Waals surface area contributed by atoms with Crippen molar-refractivity contribution in [1.82, 2.24) is 0 Å². The minimum absolute atomic E-state index is 0.304. The number of hydrogen-bond acceptors (Lipinski definition) is 3. The van der Waals surface area contributed by atoms with Gasteiger partial charge in [-0.3, -0.25) is 4.79 Å². The van der Waals surface area contributed by atoms with E-state index in [0.717, 1.165) is 21.5 Å². The Hall–Kier alpha value is -2.23. The van der Waals surface area contributed by atoms with Crippen LogP contribution in [0.25, 0.3) is 21.5 Å². The van der Waals surface area contributed by atoms with Crippen LogP contribution in [0.15, 0.2) is 54.6 Å². The van der Waals surface area contributed by atoms with E-state index in [0.29, 0.717) is 5.56 Å². The largest absolute Gasteiger partial charge is 0.362 e. The number of hydrogen-bond donors (Lipinski definition) is 2. The summed E-state index contributed by atoms with van der Waals surface area (Å²) in [5.74, 6) is -0.685. The van der Waals surface area contributed by atoms with Gasteiger partial charge in [-0.2, -0.15) is 0 Å². The van der Waals surface area contributed by atoms with Gasteiger partial charge in [-0.1, -0.05) is 48.5 Å². The molecule has 94 valence electrons. The highest BCUT2D eigenvalue weighted by Gasteiger charge is 2.14. The fraction of sp³-hybridized carbons (Fsp3) is 0.0625. The Balaban J connectivity index is 2.25. The Morgan fingerprint density at radius 1 is 0.842 bits per heavy atom. The van der Waals surface area contributed by atoms with Gasteiger partial charge in [0.05, 0.1) is 0 Å². The summed E-state index contributed by atoms with van der Waals surface area (Å²) >= 11 is 0. The van der Waals surface area contributed by atoms with Crippen molar-refractivity contribution >= 4 is 27.3 Å². The van der Waals surface area contributed by atoms with Gasteiger partial charge in [-0.05, 0) is 27.6 Å². The number of ketones is 1. The van der Waals surface area contributed by atoms with Crippen LogP contribution in [-0.4, -0.2) is 22.3 Å². The second-order valence-corrected chi connectivity index (χ2v) is 4.46. The molecular formula is C16H12O3. The normalized spacial score (nSPS) is 11.3. The van der Waals surface area contributed by atoms with Gasteiger partial charge in [-0.25, -0.2) is 0 Å². The zero-order chi connectivity index (χ0) is 13.4. The first-order valence-corrected chi connectivity index (χ1v) is 5.99. The lowest BCUT2D eigenvalue weighted by molar-refractivity contribution is -0.0195. The molecule has 0 aliphatic rings. The van der Waals surface area contributed by atoms with Crippen LogP contribution in [0.1, 0.15) is 10.4 Å². The summed E-state index contributed by atoms with van der Waals surface area (Å²) in [5.41, 5.74) is 0.304. The van der Waals surface area contributed by atoms with Gasteiger partial charge in [0, 0.05) is 5.56 Å². The van der Waals surface area contributed by atoms with Gasteiger partial charge >= 0.3 is 0 Å². The number of aliphatic hydroxyl groups excluding tert-OH is 1. The zero-order valence-electron chi connectivity index (χ0n) is 10.1. The third-order valence-electron chi connectivity index (χ3n) is 3.26. The maximum absolute atomic E-state index is 11.6. The molecule has 0 aromatic heterocycles. The number of aliphatic hydroxyl groups is 2. The first-order valence-electron chi connectivity index (χ1n) is 5.99. The average molecular weight is 252 g/mol. The molecule has 3 nitrogen and oxygen atoms in total. The zero-order valence-corrected chi connectivity index (χ0v) is 10.1. The van der Waals surface area contributed by atoms with E-state index in [1.165, 1.54) is 0 Å². The van der Waals surface area contributed by atoms with Gasteiger partial charge in [0.15, 0.2) is 0 Å². The van der Waals surface area contributed by atoms with Gasteiger partial charge < -0.3 is 10.2 Å². The van der Waals surface area contributed by atoms with Crippen LogP contribution in [-0.2, 0) is 0 Å². The van der Waals surface area contributed by atoms with Crippen LogP contribution in [0.5, 0.6) is 0 Å². The van der Waals surface area contributed by atoms with Crippen LogP contribution in [0.3, 0.4) is 0 Å². The molecule has 0 aliphatic heterocycles. The van der Waals surface area contributed by atoms with Gasteiger partial charge in [0.2, 0.25) is 12.1 Å². The molecule has 0 unspecified atom stereocenters. The van der Waals surface area contributed by atoms with Gasteiger partial charge in [0.1, 0.15) is 0 Å². The molecular weight excluding hydrogens is 240 g/mol. The molecule has 0 saturated carbocycles. The summed E-state index contributed by atoms with van der Waals surface area (Å²) in [6, 6.07) is 17.1. The van der Waals surface area contributed by atoms with Gasteiger partial charge in [-0.15, -0.1) is 0 Å². The minimum atomic E-state index is -1.96. The molecule has 3 aromatic rings. The predicted molar refractivity (Wildman–Crippen MR) is 74.0 cm³/mol. The van der Waals surface area contributed by atoms with E-state index >= 15 is 0 Å². The van der Waals surface area contributed by atoms with Crippen molar-refractivity contribution in [3.8, 4) is 0 Å². The van der Waals surface area contributed by atoms with E-state index in [4.69, 9.17) is 10.2 Å². The fourth-order valence-corrected chi connectivity index (χ4v) is 2.32. The molecule has 0 atom stereocenters. The Kier molecular flexibility index (Phi) is 2.78. The molecule has 0 fully saturated rings. The average Bonchev–Trinajstić information content (AvgIpc) is 2.45. The summed E-state index contributed by atoms with van der Waals surface area (Å²) < 4.78 is 0. The summed E-state index contributed by atoms with van der Waals surface area (Å²) in [4.78, 5) is 11.6. The molecule has 2 N–H and O–H groups in total. The summed E-state index contributed by atoms with van der Waals surface area (Å²) in [7, 11) is 0. The highest BCUT2D eigenvalue weighted by Crippen LogP contribution is 2.26. The molecule has 3 rings (SSSR count). The standard InChI is InChI=1S/C16H12O3/c17-15(16(18)19)12-7-8-14-11(9-12)6-5-10-3-1-2-4-13(10)14/h1-9,16,18-19H. The Morgan fingerprint density at radius 3 is 2.32 bits per heavy atom. The van der Waals surface area contributed by atoms with Gasteiger partial charge in [0.25, 0.3) is 0 Å². The van der Waals surface area contributed by atoms with E-state index in [1.807, 2.05) is 42.5 Å². The van der Waals surface area contributed by atoms with E-state index in [9.17, 15) is 4.79 Å². The molecule has 19 heavy (non-hydrogen) atoms. The lowest BCUT2D eigenvalue weighted by Gasteiger charge is -2.07. The maximum Gasteiger partial charge on any atom is 0.218 e. The van der Waals surface area contributed by atoms with E-state index in [2.05, 4.69) is 0 Å². The third kappa shape index (κ3) is 1.99. The molecule has 3 heteroatoms. The predicted octanol–water partition coefficient (Wildman–Crippen LogP) is 2.49. The highest BCUT2D eigenvalue weighted by molar-refractivity contribution is 6.10. The number of carbonyl (C=O) groups excluding carboxylic acids is 1. The van der Waals surface area contributed by atoms with Crippen molar-refractivity contribution in [1.29, 1.82) is 0 Å². The molecule has 0 bridgehead atoms. The number of fused-ring (bicyclic) bond motifs is 3. The van der Waals surface area contributed by atoms with Crippen LogP contribution >= 0.6 is 0 Å². The summed E-state index contributed by atoms with van der Waals surface area (Å²) in [6.45, 7) is 0. The highest BCUT2D eigenvalue weighted by atomic mass is 16.5. The summed E-state index contributed by atoms with van der Waals surface area (Å²) in [5, 5.41) is 22.0. The SMILES string of the molecule is O=C(c1ccc2c(ccc3ccccc32)c1)C(O)O. The molecule has 0 heterocycles. The van der Waals surface area contributed by atoms with Crippen molar-refractivity contribution in [3.63, 3.8) is 0 Å². The third-order valence-corrected chi connectivity index (χ3v) is 3.26. The van der Waals surface area contributed by atoms with E-state index in [1.54, 1.807) is 12.1 Å². The molecule has 0 amide bonds. The first-order chi connectivity index (χ1) is 9.16. The fourth-order valence-electron chi connectivity index (χ4n) is 2.32. The van der Waals surface area contributed by atoms with E-state index < -0.39 is 12.1 Å². The lowest BCUT2D eigenvalue weighted by atomic mass is 9.99. The second-order valence-electron chi connectivity index (χ2n) is 4.46. The number of benzene rings is 3. The van der Waals surface area contributed by atoms with Crippen molar-refractivity contribution in [2.45, 2.75) is 6.29 Å². The molecule has 0 aliphatic carbocycles.